The van der Waals surface area contributed by atoms with Crippen molar-refractivity contribution in [2.45, 2.75) is 33.4 Å². The van der Waals surface area contributed by atoms with Crippen LogP contribution >= 0.6 is 24.0 Å². The van der Waals surface area contributed by atoms with E-state index < -0.39 is 0 Å². The van der Waals surface area contributed by atoms with E-state index in [1.54, 1.807) is 12.4 Å². The van der Waals surface area contributed by atoms with Gasteiger partial charge in [-0.1, -0.05) is 25.1 Å². The Kier molecular flexibility index (Phi) is 10.8. The number of guanidine groups is 1. The zero-order valence-electron chi connectivity index (χ0n) is 18.7. The molecule has 0 aliphatic rings. The molecule has 8 nitrogen and oxygen atoms in total. The number of para-hydroxylation sites is 2. The Hall–Kier alpha value is -2.82. The summed E-state index contributed by atoms with van der Waals surface area (Å²) < 4.78 is 13.7. The molecule has 0 saturated carbocycles. The second-order valence-electron chi connectivity index (χ2n) is 6.86. The van der Waals surface area contributed by atoms with Crippen molar-refractivity contribution in [3.05, 3.63) is 66.1 Å². The van der Waals surface area contributed by atoms with Gasteiger partial charge in [0.15, 0.2) is 17.5 Å². The number of benzene rings is 1. The Morgan fingerprint density at radius 3 is 2.56 bits per heavy atom. The van der Waals surface area contributed by atoms with E-state index in [4.69, 9.17) is 14.5 Å². The third-order valence-electron chi connectivity index (χ3n) is 4.48. The third kappa shape index (κ3) is 7.40. The molecular formula is C23H31IN6O2. The lowest BCUT2D eigenvalue weighted by Crippen LogP contribution is -2.37. The normalized spacial score (nSPS) is 10.9. The van der Waals surface area contributed by atoms with Crippen LogP contribution in [0.4, 0.5) is 0 Å². The molecule has 0 aliphatic heterocycles. The standard InChI is InChI=1S/C23H30N6O2.HI/c1-4-15-30-20-10-6-7-11-21(20)31-22-18(9-8-13-25-22)16-26-23(24-5-2)27-17-19-12-14-28-29(19)3;/h6-14H,4-5,15-17H2,1-3H3,(H2,24,26,27);1H. The van der Waals surface area contributed by atoms with Gasteiger partial charge in [0.2, 0.25) is 5.88 Å². The van der Waals surface area contributed by atoms with Crippen molar-refractivity contribution in [2.75, 3.05) is 13.2 Å². The number of nitrogens with zero attached hydrogens (tertiary/aromatic N) is 4. The van der Waals surface area contributed by atoms with Crippen LogP contribution in [0.2, 0.25) is 0 Å². The fourth-order valence-electron chi connectivity index (χ4n) is 2.86. The molecule has 0 atom stereocenters. The highest BCUT2D eigenvalue weighted by atomic mass is 127. The van der Waals surface area contributed by atoms with E-state index >= 15 is 0 Å². The average molecular weight is 550 g/mol. The predicted molar refractivity (Wildman–Crippen MR) is 137 cm³/mol. The molecule has 0 aliphatic carbocycles. The molecule has 0 amide bonds. The average Bonchev–Trinajstić information content (AvgIpc) is 3.20. The highest BCUT2D eigenvalue weighted by Gasteiger charge is 2.11. The zero-order chi connectivity index (χ0) is 21.9. The minimum Gasteiger partial charge on any atom is -0.490 e. The molecule has 1 aromatic carbocycles. The van der Waals surface area contributed by atoms with Crippen LogP contribution in [0.5, 0.6) is 17.4 Å². The van der Waals surface area contributed by atoms with E-state index in [0.29, 0.717) is 43.0 Å². The molecule has 32 heavy (non-hydrogen) atoms. The summed E-state index contributed by atoms with van der Waals surface area (Å²) in [7, 11) is 1.92. The maximum Gasteiger partial charge on any atom is 0.224 e. The van der Waals surface area contributed by atoms with Crippen LogP contribution in [0.1, 0.15) is 31.5 Å². The van der Waals surface area contributed by atoms with Crippen LogP contribution in [-0.2, 0) is 20.1 Å². The number of nitrogens with one attached hydrogen (secondary N) is 2. The molecule has 2 N–H and O–H groups in total. The van der Waals surface area contributed by atoms with E-state index in [2.05, 4.69) is 27.6 Å². The summed E-state index contributed by atoms with van der Waals surface area (Å²) >= 11 is 0. The Balaban J connectivity index is 0.00000363. The van der Waals surface area contributed by atoms with Gasteiger partial charge >= 0.3 is 0 Å². The van der Waals surface area contributed by atoms with Crippen molar-refractivity contribution in [2.24, 2.45) is 12.0 Å². The summed E-state index contributed by atoms with van der Waals surface area (Å²) in [5.74, 6) is 2.57. The van der Waals surface area contributed by atoms with E-state index in [1.165, 1.54) is 0 Å². The van der Waals surface area contributed by atoms with Crippen LogP contribution in [0.3, 0.4) is 0 Å². The fraction of sp³-hybridized carbons (Fsp3) is 0.348. The highest BCUT2D eigenvalue weighted by Crippen LogP contribution is 2.32. The van der Waals surface area contributed by atoms with Crippen LogP contribution < -0.4 is 20.1 Å². The van der Waals surface area contributed by atoms with Crippen LogP contribution in [-0.4, -0.2) is 33.9 Å². The Morgan fingerprint density at radius 2 is 1.84 bits per heavy atom. The van der Waals surface area contributed by atoms with Gasteiger partial charge in [-0.25, -0.2) is 9.98 Å². The molecule has 0 saturated heterocycles. The molecule has 3 aromatic rings. The SMILES string of the molecule is CCCOc1ccccc1Oc1ncccc1CN=C(NCC)NCc1ccnn1C.I. The summed E-state index contributed by atoms with van der Waals surface area (Å²) in [5.41, 5.74) is 1.95. The Labute approximate surface area is 206 Å². The first-order valence-corrected chi connectivity index (χ1v) is 10.5. The zero-order valence-corrected chi connectivity index (χ0v) is 21.1. The maximum absolute atomic E-state index is 6.11. The van der Waals surface area contributed by atoms with Gasteiger partial charge in [0.1, 0.15) is 0 Å². The first kappa shape index (κ1) is 25.4. The maximum atomic E-state index is 6.11. The Bertz CT molecular complexity index is 992. The molecule has 2 aromatic heterocycles. The lowest BCUT2D eigenvalue weighted by Gasteiger charge is -2.14. The van der Waals surface area contributed by atoms with Gasteiger partial charge in [-0.3, -0.25) is 4.68 Å². The summed E-state index contributed by atoms with van der Waals surface area (Å²) in [6, 6.07) is 13.4. The minimum atomic E-state index is 0. The molecule has 9 heteroatoms. The van der Waals surface area contributed by atoms with Gasteiger partial charge in [0.05, 0.1) is 25.4 Å². The summed E-state index contributed by atoms with van der Waals surface area (Å²) in [6.07, 6.45) is 4.42. The number of hydrogen-bond acceptors (Lipinski definition) is 5. The molecule has 0 bridgehead atoms. The van der Waals surface area contributed by atoms with Crippen molar-refractivity contribution in [1.82, 2.24) is 25.4 Å². The number of aryl methyl sites for hydroxylation is 1. The highest BCUT2D eigenvalue weighted by molar-refractivity contribution is 14.0. The van der Waals surface area contributed by atoms with Crippen LogP contribution in [0, 0.1) is 0 Å². The van der Waals surface area contributed by atoms with Gasteiger partial charge in [0.25, 0.3) is 0 Å². The second-order valence-corrected chi connectivity index (χ2v) is 6.86. The molecule has 2 heterocycles. The van der Waals surface area contributed by atoms with Crippen molar-refractivity contribution < 1.29 is 9.47 Å². The third-order valence-corrected chi connectivity index (χ3v) is 4.48. The van der Waals surface area contributed by atoms with Crippen LogP contribution in [0.25, 0.3) is 0 Å². The summed E-state index contributed by atoms with van der Waals surface area (Å²) in [4.78, 5) is 9.12. The topological polar surface area (TPSA) is 85.6 Å². The van der Waals surface area contributed by atoms with Crippen molar-refractivity contribution in [3.8, 4) is 17.4 Å². The molecule has 172 valence electrons. The van der Waals surface area contributed by atoms with Gasteiger partial charge in [-0.15, -0.1) is 24.0 Å². The monoisotopic (exact) mass is 550 g/mol. The number of aromatic nitrogens is 3. The van der Waals surface area contributed by atoms with Crippen molar-refractivity contribution in [3.63, 3.8) is 0 Å². The predicted octanol–water partition coefficient (Wildman–Crippen LogP) is 4.27. The lowest BCUT2D eigenvalue weighted by atomic mass is 10.2. The van der Waals surface area contributed by atoms with Gasteiger partial charge in [-0.05, 0) is 37.6 Å². The number of pyridine rings is 1. The lowest BCUT2D eigenvalue weighted by molar-refractivity contribution is 0.300. The van der Waals surface area contributed by atoms with E-state index in [0.717, 1.165) is 24.2 Å². The summed E-state index contributed by atoms with van der Waals surface area (Å²) in [5, 5.41) is 10.8. The fourth-order valence-corrected chi connectivity index (χ4v) is 2.86. The molecule has 0 spiro atoms. The molecular weight excluding hydrogens is 519 g/mol. The first-order valence-electron chi connectivity index (χ1n) is 10.5. The minimum absolute atomic E-state index is 0. The molecule has 0 fully saturated rings. The second kappa shape index (κ2) is 13.6. The van der Waals surface area contributed by atoms with E-state index in [9.17, 15) is 0 Å². The first-order chi connectivity index (χ1) is 15.2. The van der Waals surface area contributed by atoms with Gasteiger partial charge in [-0.2, -0.15) is 5.10 Å². The summed E-state index contributed by atoms with van der Waals surface area (Å²) in [6.45, 7) is 6.54. The molecule has 3 rings (SSSR count). The smallest absolute Gasteiger partial charge is 0.224 e. The van der Waals surface area contributed by atoms with Crippen molar-refractivity contribution >= 4 is 29.9 Å². The van der Waals surface area contributed by atoms with E-state index in [-0.39, 0.29) is 24.0 Å². The van der Waals surface area contributed by atoms with Crippen molar-refractivity contribution in [1.29, 1.82) is 0 Å². The largest absolute Gasteiger partial charge is 0.490 e. The molecule has 0 unspecified atom stereocenters. The number of hydrogen-bond donors (Lipinski definition) is 2. The van der Waals surface area contributed by atoms with Gasteiger partial charge < -0.3 is 20.1 Å². The number of ether oxygens (including phenoxy) is 2. The van der Waals surface area contributed by atoms with Gasteiger partial charge in [0, 0.05) is 31.5 Å². The quantitative estimate of drug-likeness (QED) is 0.223. The van der Waals surface area contributed by atoms with Crippen LogP contribution in [0.15, 0.2) is 59.9 Å². The number of halogens is 1. The Morgan fingerprint density at radius 1 is 1.03 bits per heavy atom. The number of aliphatic imine (C=N–C) groups is 1. The number of rotatable bonds is 10. The molecule has 0 radical (unpaired) electrons. The van der Waals surface area contributed by atoms with E-state index in [1.807, 2.05) is 61.1 Å².